The summed E-state index contributed by atoms with van der Waals surface area (Å²) in [5.74, 6) is -16.5. The van der Waals surface area contributed by atoms with E-state index in [1.165, 1.54) is 13.2 Å². The molecule has 0 bridgehead atoms. The number of carbonyl (C=O) groups excluding carboxylic acids is 1. The quantitative estimate of drug-likeness (QED) is 0.0924. The van der Waals surface area contributed by atoms with Gasteiger partial charge >= 0.3 is 5.97 Å². The molecule has 3 aromatic carbocycles. The highest BCUT2D eigenvalue weighted by Gasteiger charge is 2.39. The van der Waals surface area contributed by atoms with Crippen molar-refractivity contribution in [3.63, 3.8) is 0 Å². The standard InChI is InChI=1S/C36H33F6N3O6S/c1-36(2,3)23-13-19(12-22(14-23)20-7-8-20)16-45(26-10-9-21(35(47)48)15-27(26)51-4)28(46)18-44(17-25-24(37)6-5-11-43-25)52(49,50)34-32(41)30(39)29(38)31(40)33(34)42/h5-6,9-15,20H,7-8,16-18H2,1-4H3,(H,47,48). The third kappa shape index (κ3) is 7.77. The van der Waals surface area contributed by atoms with E-state index in [1.807, 2.05) is 32.9 Å². The van der Waals surface area contributed by atoms with Gasteiger partial charge in [-0.25, -0.2) is 39.6 Å². The van der Waals surface area contributed by atoms with Gasteiger partial charge in [0, 0.05) is 6.20 Å². The summed E-state index contributed by atoms with van der Waals surface area (Å²) in [6.45, 7) is 3.17. The summed E-state index contributed by atoms with van der Waals surface area (Å²) in [6, 6.07) is 11.3. The average Bonchev–Trinajstić information content (AvgIpc) is 3.94. The molecule has 0 unspecified atom stereocenters. The number of benzene rings is 3. The second kappa shape index (κ2) is 14.6. The Labute approximate surface area is 295 Å². The largest absolute Gasteiger partial charge is 0.495 e. The molecule has 0 atom stereocenters. The lowest BCUT2D eigenvalue weighted by molar-refractivity contribution is -0.119. The second-order valence-corrected chi connectivity index (χ2v) is 15.1. The minimum absolute atomic E-state index is 0.0469. The van der Waals surface area contributed by atoms with Crippen LogP contribution < -0.4 is 9.64 Å². The molecule has 1 N–H and O–H groups in total. The van der Waals surface area contributed by atoms with Crippen molar-refractivity contribution in [2.75, 3.05) is 18.6 Å². The fourth-order valence-electron chi connectivity index (χ4n) is 5.52. The summed E-state index contributed by atoms with van der Waals surface area (Å²) in [6.07, 6.45) is 2.94. The van der Waals surface area contributed by atoms with E-state index in [0.29, 0.717) is 5.56 Å². The Kier molecular flexibility index (Phi) is 10.7. The maximum Gasteiger partial charge on any atom is 0.335 e. The van der Waals surface area contributed by atoms with Gasteiger partial charge < -0.3 is 14.7 Å². The van der Waals surface area contributed by atoms with Crippen LogP contribution in [0.15, 0.2) is 59.6 Å². The van der Waals surface area contributed by atoms with Crippen LogP contribution in [0.25, 0.3) is 0 Å². The van der Waals surface area contributed by atoms with Gasteiger partial charge in [-0.05, 0) is 71.2 Å². The summed E-state index contributed by atoms with van der Waals surface area (Å²) in [5.41, 5.74) is 1.21. The van der Waals surface area contributed by atoms with E-state index in [1.54, 1.807) is 0 Å². The number of rotatable bonds is 12. The van der Waals surface area contributed by atoms with Crippen LogP contribution in [-0.2, 0) is 33.3 Å². The first-order chi connectivity index (χ1) is 24.3. The molecule has 1 saturated carbocycles. The summed E-state index contributed by atoms with van der Waals surface area (Å²) in [7, 11) is -4.62. The molecule has 0 aliphatic heterocycles. The first-order valence-electron chi connectivity index (χ1n) is 15.8. The fraction of sp³-hybridized carbons (Fsp3) is 0.306. The monoisotopic (exact) mass is 749 g/mol. The van der Waals surface area contributed by atoms with Gasteiger partial charge in [-0.3, -0.25) is 9.78 Å². The number of methoxy groups -OCH3 is 1. The Bertz CT molecular complexity index is 2140. The lowest BCUT2D eigenvalue weighted by atomic mass is 9.84. The van der Waals surface area contributed by atoms with Gasteiger partial charge in [0.15, 0.2) is 28.2 Å². The molecule has 0 radical (unpaired) electrons. The predicted octanol–water partition coefficient (Wildman–Crippen LogP) is 7.22. The highest BCUT2D eigenvalue weighted by Crippen LogP contribution is 2.42. The normalized spacial score (nSPS) is 13.4. The molecular formula is C36H33F6N3O6S. The molecule has 1 amide bonds. The number of aromatic nitrogens is 1. The van der Waals surface area contributed by atoms with Crippen LogP contribution in [0.5, 0.6) is 5.75 Å². The van der Waals surface area contributed by atoms with Gasteiger partial charge in [0.2, 0.25) is 21.7 Å². The molecule has 1 aliphatic carbocycles. The minimum Gasteiger partial charge on any atom is -0.495 e. The molecule has 1 aliphatic rings. The summed E-state index contributed by atoms with van der Waals surface area (Å²) < 4.78 is 120. The van der Waals surface area contributed by atoms with Crippen molar-refractivity contribution in [2.45, 2.75) is 62.9 Å². The van der Waals surface area contributed by atoms with Crippen molar-refractivity contribution in [1.82, 2.24) is 9.29 Å². The Morgan fingerprint density at radius 2 is 1.54 bits per heavy atom. The molecule has 16 heteroatoms. The van der Waals surface area contributed by atoms with Crippen LogP contribution in [0.2, 0.25) is 0 Å². The SMILES string of the molecule is COc1cc(C(=O)O)ccc1N(Cc1cc(C2CC2)cc(C(C)(C)C)c1)C(=O)CN(Cc1ncccc1F)S(=O)(=O)c1c(F)c(F)c(F)c(F)c1F. The summed E-state index contributed by atoms with van der Waals surface area (Å²) in [5, 5.41) is 9.57. The van der Waals surface area contributed by atoms with Crippen molar-refractivity contribution < 1.29 is 54.2 Å². The molecule has 0 spiro atoms. The number of carbonyl (C=O) groups is 2. The van der Waals surface area contributed by atoms with E-state index in [9.17, 15) is 49.5 Å². The van der Waals surface area contributed by atoms with E-state index in [4.69, 9.17) is 4.74 Å². The van der Waals surface area contributed by atoms with Crippen LogP contribution in [0.1, 0.15) is 72.3 Å². The summed E-state index contributed by atoms with van der Waals surface area (Å²) >= 11 is 0. The average molecular weight is 750 g/mol. The molecule has 1 aromatic heterocycles. The minimum atomic E-state index is -5.82. The number of halogens is 6. The number of hydrogen-bond acceptors (Lipinski definition) is 6. The van der Waals surface area contributed by atoms with Crippen molar-refractivity contribution in [3.8, 4) is 5.75 Å². The van der Waals surface area contributed by atoms with Gasteiger partial charge in [0.1, 0.15) is 11.6 Å². The Hall–Kier alpha value is -4.96. The number of nitrogens with zero attached hydrogens (tertiary/aromatic N) is 3. The third-order valence-corrected chi connectivity index (χ3v) is 10.3. The van der Waals surface area contributed by atoms with Gasteiger partial charge in [-0.15, -0.1) is 0 Å². The number of aromatic carboxylic acids is 1. The van der Waals surface area contributed by atoms with Crippen molar-refractivity contribution in [1.29, 1.82) is 0 Å². The maximum absolute atomic E-state index is 15.0. The van der Waals surface area contributed by atoms with Gasteiger partial charge in [0.25, 0.3) is 0 Å². The third-order valence-electron chi connectivity index (χ3n) is 8.53. The fourth-order valence-corrected chi connectivity index (χ4v) is 6.99. The van der Waals surface area contributed by atoms with Crippen LogP contribution in [0.3, 0.4) is 0 Å². The molecule has 9 nitrogen and oxygen atoms in total. The zero-order chi connectivity index (χ0) is 38.3. The van der Waals surface area contributed by atoms with Crippen LogP contribution >= 0.6 is 0 Å². The number of amides is 1. The molecule has 1 fully saturated rings. The maximum atomic E-state index is 15.0. The molecule has 1 heterocycles. The predicted molar refractivity (Wildman–Crippen MR) is 176 cm³/mol. The Morgan fingerprint density at radius 3 is 2.10 bits per heavy atom. The topological polar surface area (TPSA) is 117 Å². The number of hydrogen-bond donors (Lipinski definition) is 1. The number of anilines is 1. The number of sulfonamides is 1. The Balaban J connectivity index is 1.67. The second-order valence-electron chi connectivity index (χ2n) is 13.3. The molecule has 276 valence electrons. The van der Waals surface area contributed by atoms with Crippen molar-refractivity contribution >= 4 is 27.6 Å². The first kappa shape index (κ1) is 38.3. The Morgan fingerprint density at radius 1 is 0.904 bits per heavy atom. The van der Waals surface area contributed by atoms with Crippen molar-refractivity contribution in [2.24, 2.45) is 0 Å². The smallest absolute Gasteiger partial charge is 0.335 e. The lowest BCUT2D eigenvalue weighted by Gasteiger charge is -2.29. The highest BCUT2D eigenvalue weighted by atomic mass is 32.2. The number of carboxylic acid groups (broad SMARTS) is 1. The molecule has 0 saturated heterocycles. The van der Waals surface area contributed by atoms with E-state index in [0.717, 1.165) is 59.3 Å². The summed E-state index contributed by atoms with van der Waals surface area (Å²) in [4.78, 5) is 28.7. The highest BCUT2D eigenvalue weighted by molar-refractivity contribution is 7.89. The van der Waals surface area contributed by atoms with Crippen LogP contribution in [0, 0.1) is 34.9 Å². The zero-order valence-corrected chi connectivity index (χ0v) is 29.1. The van der Waals surface area contributed by atoms with Gasteiger partial charge in [0.05, 0.1) is 43.7 Å². The van der Waals surface area contributed by atoms with E-state index in [-0.39, 0.29) is 39.2 Å². The molecule has 5 rings (SSSR count). The van der Waals surface area contributed by atoms with Crippen LogP contribution in [0.4, 0.5) is 32.0 Å². The van der Waals surface area contributed by atoms with E-state index < -0.39 is 80.5 Å². The number of ether oxygens (including phenoxy) is 1. The number of carboxylic acids is 1. The molecular weight excluding hydrogens is 716 g/mol. The number of pyridine rings is 1. The van der Waals surface area contributed by atoms with Gasteiger partial charge in [-0.2, -0.15) is 4.31 Å². The first-order valence-corrected chi connectivity index (χ1v) is 17.3. The van der Waals surface area contributed by atoms with Crippen molar-refractivity contribution in [3.05, 3.63) is 118 Å². The van der Waals surface area contributed by atoms with Gasteiger partial charge in [-0.1, -0.05) is 39.0 Å². The lowest BCUT2D eigenvalue weighted by Crippen LogP contribution is -2.43. The van der Waals surface area contributed by atoms with E-state index in [2.05, 4.69) is 11.1 Å². The zero-order valence-electron chi connectivity index (χ0n) is 28.3. The van der Waals surface area contributed by atoms with E-state index >= 15 is 0 Å². The van der Waals surface area contributed by atoms with Crippen LogP contribution in [-0.4, -0.2) is 48.3 Å². The molecule has 4 aromatic rings. The molecule has 52 heavy (non-hydrogen) atoms.